The summed E-state index contributed by atoms with van der Waals surface area (Å²) in [5, 5.41) is 3.06. The zero-order valence-electron chi connectivity index (χ0n) is 18.6. The van der Waals surface area contributed by atoms with E-state index in [1.807, 2.05) is 37.3 Å². The van der Waals surface area contributed by atoms with E-state index < -0.39 is 0 Å². The van der Waals surface area contributed by atoms with E-state index in [1.165, 1.54) is 23.4 Å². The van der Waals surface area contributed by atoms with E-state index >= 15 is 0 Å². The number of aromatic amines is 1. The summed E-state index contributed by atoms with van der Waals surface area (Å²) in [7, 11) is 4.27. The van der Waals surface area contributed by atoms with E-state index in [0.717, 1.165) is 46.1 Å². The van der Waals surface area contributed by atoms with Gasteiger partial charge >= 0.3 is 0 Å². The third-order valence-electron chi connectivity index (χ3n) is 6.09. The van der Waals surface area contributed by atoms with Gasteiger partial charge in [0.25, 0.3) is 5.91 Å². The Morgan fingerprint density at radius 3 is 2.59 bits per heavy atom. The number of rotatable bonds is 5. The number of nitrogens with zero attached hydrogens (tertiary/aromatic N) is 3. The van der Waals surface area contributed by atoms with Crippen LogP contribution in [0.15, 0.2) is 54.6 Å². The normalized spacial score (nSPS) is 16.2. The highest BCUT2D eigenvalue weighted by Gasteiger charge is 2.24. The Hall–Kier alpha value is -3.16. The van der Waals surface area contributed by atoms with Crippen molar-refractivity contribution in [3.63, 3.8) is 0 Å². The van der Waals surface area contributed by atoms with Crippen LogP contribution in [0, 0.1) is 6.92 Å². The molecule has 1 amide bonds. The lowest BCUT2D eigenvalue weighted by Crippen LogP contribution is -2.31. The van der Waals surface area contributed by atoms with Crippen molar-refractivity contribution in [2.45, 2.75) is 19.4 Å². The molecule has 6 nitrogen and oxygen atoms in total. The van der Waals surface area contributed by atoms with Gasteiger partial charge in [-0.15, -0.1) is 11.3 Å². The minimum atomic E-state index is -0.129. The van der Waals surface area contributed by atoms with Crippen LogP contribution in [-0.4, -0.2) is 54.0 Å². The van der Waals surface area contributed by atoms with Crippen LogP contribution in [0.5, 0.6) is 0 Å². The van der Waals surface area contributed by atoms with Crippen molar-refractivity contribution >= 4 is 39.7 Å². The first-order chi connectivity index (χ1) is 15.5. The van der Waals surface area contributed by atoms with Crippen LogP contribution in [0.2, 0.25) is 0 Å². The molecule has 0 bridgehead atoms. The molecule has 3 heterocycles. The number of carbonyl (C=O) groups excluding carboxylic acids is 1. The average Bonchev–Trinajstić information content (AvgIpc) is 3.50. The molecule has 164 valence electrons. The summed E-state index contributed by atoms with van der Waals surface area (Å²) in [5.74, 6) is 0.676. The number of hydrogen-bond acceptors (Lipinski definition) is 5. The van der Waals surface area contributed by atoms with Crippen LogP contribution in [0.1, 0.15) is 21.9 Å². The fraction of sp³-hybridized carbons (Fsp3) is 0.280. The molecular weight excluding hydrogens is 418 g/mol. The number of aryl methyl sites for hydroxylation is 1. The van der Waals surface area contributed by atoms with Crippen LogP contribution in [0.4, 0.5) is 11.4 Å². The summed E-state index contributed by atoms with van der Waals surface area (Å²) in [5.41, 5.74) is 4.71. The molecule has 32 heavy (non-hydrogen) atoms. The highest BCUT2D eigenvalue weighted by molar-refractivity contribution is 7.19. The number of aromatic nitrogens is 2. The molecule has 1 aliphatic rings. The molecule has 4 aromatic rings. The van der Waals surface area contributed by atoms with Crippen molar-refractivity contribution in [2.24, 2.45) is 0 Å². The van der Waals surface area contributed by atoms with Crippen molar-refractivity contribution in [1.82, 2.24) is 14.9 Å². The molecule has 1 unspecified atom stereocenters. The molecule has 2 aromatic heterocycles. The minimum absolute atomic E-state index is 0.129. The first-order valence-electron chi connectivity index (χ1n) is 10.9. The number of nitrogens with one attached hydrogen (secondary N) is 2. The van der Waals surface area contributed by atoms with Gasteiger partial charge in [0.1, 0.15) is 16.2 Å². The van der Waals surface area contributed by atoms with Crippen molar-refractivity contribution in [3.05, 3.63) is 65.3 Å². The number of imidazole rings is 1. The van der Waals surface area contributed by atoms with Crippen LogP contribution in [-0.2, 0) is 0 Å². The second kappa shape index (κ2) is 8.41. The van der Waals surface area contributed by atoms with Gasteiger partial charge in [0.15, 0.2) is 0 Å². The first-order valence-corrected chi connectivity index (χ1v) is 11.7. The zero-order chi connectivity index (χ0) is 22.2. The molecule has 0 saturated carbocycles. The maximum atomic E-state index is 13.2. The molecule has 1 fully saturated rings. The van der Waals surface area contributed by atoms with Gasteiger partial charge in [-0.3, -0.25) is 4.79 Å². The zero-order valence-corrected chi connectivity index (χ0v) is 19.4. The van der Waals surface area contributed by atoms with Gasteiger partial charge < -0.3 is 20.1 Å². The molecule has 7 heteroatoms. The van der Waals surface area contributed by atoms with Gasteiger partial charge in [0.05, 0.1) is 10.4 Å². The van der Waals surface area contributed by atoms with Crippen LogP contribution >= 0.6 is 11.3 Å². The molecular formula is C25H27N5OS. The third kappa shape index (κ3) is 3.89. The number of hydrogen-bond donors (Lipinski definition) is 2. The maximum Gasteiger partial charge on any atom is 0.268 e. The fourth-order valence-electron chi connectivity index (χ4n) is 4.31. The lowest BCUT2D eigenvalue weighted by Gasteiger charge is -2.22. The monoisotopic (exact) mass is 445 g/mol. The first kappa shape index (κ1) is 20.7. The third-order valence-corrected chi connectivity index (χ3v) is 7.32. The van der Waals surface area contributed by atoms with Gasteiger partial charge in [-0.25, -0.2) is 4.98 Å². The number of carbonyl (C=O) groups is 1. The molecule has 5 rings (SSSR count). The molecule has 0 spiro atoms. The van der Waals surface area contributed by atoms with Gasteiger partial charge in [-0.2, -0.15) is 0 Å². The highest BCUT2D eigenvalue weighted by Crippen LogP contribution is 2.38. The maximum absolute atomic E-state index is 13.2. The van der Waals surface area contributed by atoms with Crippen molar-refractivity contribution in [1.29, 1.82) is 0 Å². The standard InChI is InChI=1S/C25H27N5OS/c1-16-26-21-22(27-16)24(32-23(21)17-7-5-4-6-8-17)25(31)28-18-9-11-19(12-10-18)30-14-13-20(15-30)29(2)3/h4-12,20H,13-15H2,1-3H3,(H,26,27)(H,28,31). The fourth-order valence-corrected chi connectivity index (χ4v) is 5.41. The number of anilines is 2. The molecule has 2 N–H and O–H groups in total. The van der Waals surface area contributed by atoms with Crippen LogP contribution < -0.4 is 10.2 Å². The SMILES string of the molecule is Cc1nc2c(C(=O)Nc3ccc(N4CCC(N(C)C)C4)cc3)sc(-c3ccccc3)c2[nH]1. The smallest absolute Gasteiger partial charge is 0.268 e. The Balaban J connectivity index is 1.36. The predicted molar refractivity (Wildman–Crippen MR) is 133 cm³/mol. The summed E-state index contributed by atoms with van der Waals surface area (Å²) < 4.78 is 0. The summed E-state index contributed by atoms with van der Waals surface area (Å²) >= 11 is 1.48. The quantitative estimate of drug-likeness (QED) is 0.454. The number of H-pyrrole nitrogens is 1. The topological polar surface area (TPSA) is 64.3 Å². The number of benzene rings is 2. The second-order valence-electron chi connectivity index (χ2n) is 8.53. The highest BCUT2D eigenvalue weighted by atomic mass is 32.1. The summed E-state index contributed by atoms with van der Waals surface area (Å²) in [6.07, 6.45) is 1.17. The summed E-state index contributed by atoms with van der Waals surface area (Å²) in [4.78, 5) is 27.4. The molecule has 1 atom stereocenters. The van der Waals surface area contributed by atoms with Crippen molar-refractivity contribution < 1.29 is 4.79 Å². The number of likely N-dealkylation sites (N-methyl/N-ethyl adjacent to an activating group) is 1. The van der Waals surface area contributed by atoms with E-state index in [-0.39, 0.29) is 5.91 Å². The Morgan fingerprint density at radius 2 is 1.91 bits per heavy atom. The minimum Gasteiger partial charge on any atom is -0.370 e. The number of amides is 1. The van der Waals surface area contributed by atoms with E-state index in [2.05, 4.69) is 63.4 Å². The molecule has 2 aromatic carbocycles. The Morgan fingerprint density at radius 1 is 1.16 bits per heavy atom. The van der Waals surface area contributed by atoms with E-state index in [0.29, 0.717) is 10.9 Å². The van der Waals surface area contributed by atoms with Gasteiger partial charge in [0, 0.05) is 30.5 Å². The predicted octanol–water partition coefficient (Wildman–Crippen LogP) is 4.99. The van der Waals surface area contributed by atoms with E-state index in [4.69, 9.17) is 0 Å². The van der Waals surface area contributed by atoms with Gasteiger partial charge in [0.2, 0.25) is 0 Å². The molecule has 1 aliphatic heterocycles. The average molecular weight is 446 g/mol. The lowest BCUT2D eigenvalue weighted by atomic mass is 10.2. The Bertz CT molecular complexity index is 1240. The van der Waals surface area contributed by atoms with Crippen LogP contribution in [0.3, 0.4) is 0 Å². The van der Waals surface area contributed by atoms with Crippen molar-refractivity contribution in [2.75, 3.05) is 37.4 Å². The number of fused-ring (bicyclic) bond motifs is 1. The Kier molecular flexibility index (Phi) is 5.45. The molecule has 1 saturated heterocycles. The summed E-state index contributed by atoms with van der Waals surface area (Å²) in [6, 6.07) is 18.8. The Labute approximate surface area is 191 Å². The number of thiophene rings is 1. The van der Waals surface area contributed by atoms with E-state index in [1.54, 1.807) is 0 Å². The van der Waals surface area contributed by atoms with Gasteiger partial charge in [-0.05, 0) is 57.3 Å². The van der Waals surface area contributed by atoms with Crippen LogP contribution in [0.25, 0.3) is 21.5 Å². The molecule has 0 radical (unpaired) electrons. The summed E-state index contributed by atoms with van der Waals surface area (Å²) in [6.45, 7) is 4.01. The second-order valence-corrected chi connectivity index (χ2v) is 9.55. The molecule has 0 aliphatic carbocycles. The largest absolute Gasteiger partial charge is 0.370 e. The van der Waals surface area contributed by atoms with Crippen molar-refractivity contribution in [3.8, 4) is 10.4 Å². The van der Waals surface area contributed by atoms with E-state index in [9.17, 15) is 4.79 Å². The van der Waals surface area contributed by atoms with Gasteiger partial charge in [-0.1, -0.05) is 30.3 Å². The lowest BCUT2D eigenvalue weighted by molar-refractivity contribution is 0.103.